The number of pyridine rings is 1. The molecule has 0 unspecified atom stereocenters. The van der Waals surface area contributed by atoms with Gasteiger partial charge in [0.15, 0.2) is 0 Å². The van der Waals surface area contributed by atoms with Gasteiger partial charge in [-0.2, -0.15) is 0 Å². The van der Waals surface area contributed by atoms with Crippen LogP contribution in [0.2, 0.25) is 0 Å². The normalized spacial score (nSPS) is 16.0. The molecular formula is C14H16N2. The standard InChI is InChI=1S/C14H16N2/c1-3-12-8-7-11(2)10-14(16-12)13-6-4-5-9-15-13/h4-7,9-10H,3,8H2,1-2H3. The van der Waals surface area contributed by atoms with Crippen LogP contribution in [0.4, 0.5) is 0 Å². The molecule has 0 fully saturated rings. The molecule has 0 saturated heterocycles. The first-order valence-corrected chi connectivity index (χ1v) is 5.66. The number of allylic oxidation sites excluding steroid dienone is 3. The highest BCUT2D eigenvalue weighted by molar-refractivity contribution is 5.91. The summed E-state index contributed by atoms with van der Waals surface area (Å²) in [6.45, 7) is 4.25. The van der Waals surface area contributed by atoms with Crippen molar-refractivity contribution in [1.29, 1.82) is 0 Å². The van der Waals surface area contributed by atoms with Crippen LogP contribution in [0.15, 0.2) is 47.1 Å². The molecule has 0 amide bonds. The zero-order valence-electron chi connectivity index (χ0n) is 9.77. The molecule has 0 aliphatic carbocycles. The van der Waals surface area contributed by atoms with Crippen LogP contribution in [0, 0.1) is 0 Å². The average molecular weight is 212 g/mol. The summed E-state index contributed by atoms with van der Waals surface area (Å²) in [7, 11) is 0. The van der Waals surface area contributed by atoms with Crippen LogP contribution in [-0.4, -0.2) is 10.7 Å². The van der Waals surface area contributed by atoms with Crippen LogP contribution >= 0.6 is 0 Å². The van der Waals surface area contributed by atoms with Gasteiger partial charge in [0.25, 0.3) is 0 Å². The first-order valence-electron chi connectivity index (χ1n) is 5.66. The third kappa shape index (κ3) is 2.45. The van der Waals surface area contributed by atoms with E-state index < -0.39 is 0 Å². The topological polar surface area (TPSA) is 25.2 Å². The molecule has 2 heterocycles. The molecular weight excluding hydrogens is 196 g/mol. The monoisotopic (exact) mass is 212 g/mol. The minimum absolute atomic E-state index is 0.947. The lowest BCUT2D eigenvalue weighted by Gasteiger charge is -2.02. The Morgan fingerprint density at radius 1 is 1.31 bits per heavy atom. The molecule has 0 spiro atoms. The Balaban J connectivity index is 2.42. The summed E-state index contributed by atoms with van der Waals surface area (Å²) in [5, 5.41) is 0. The number of aliphatic imine (C=N–C) groups is 1. The Hall–Kier alpha value is -1.70. The van der Waals surface area contributed by atoms with Gasteiger partial charge < -0.3 is 0 Å². The molecule has 0 atom stereocenters. The lowest BCUT2D eigenvalue weighted by atomic mass is 10.1. The minimum Gasteiger partial charge on any atom is -0.255 e. The van der Waals surface area contributed by atoms with Crippen molar-refractivity contribution < 1.29 is 0 Å². The SMILES string of the molecule is CCC1=NC(c2ccccn2)=CC(C)=CC1. The lowest BCUT2D eigenvalue weighted by Crippen LogP contribution is -1.94. The van der Waals surface area contributed by atoms with Crippen LogP contribution in [0.5, 0.6) is 0 Å². The van der Waals surface area contributed by atoms with E-state index in [1.807, 2.05) is 18.2 Å². The van der Waals surface area contributed by atoms with Crippen molar-refractivity contribution >= 4 is 11.4 Å². The molecule has 0 bridgehead atoms. The van der Waals surface area contributed by atoms with E-state index in [1.165, 1.54) is 11.3 Å². The molecule has 16 heavy (non-hydrogen) atoms. The number of rotatable bonds is 2. The van der Waals surface area contributed by atoms with Crippen molar-refractivity contribution in [3.8, 4) is 0 Å². The third-order valence-electron chi connectivity index (χ3n) is 2.64. The Morgan fingerprint density at radius 2 is 2.19 bits per heavy atom. The average Bonchev–Trinajstić information content (AvgIpc) is 2.52. The summed E-state index contributed by atoms with van der Waals surface area (Å²) < 4.78 is 0. The van der Waals surface area contributed by atoms with Gasteiger partial charge in [0, 0.05) is 18.3 Å². The molecule has 2 heteroatoms. The summed E-state index contributed by atoms with van der Waals surface area (Å²) in [4.78, 5) is 9.02. The van der Waals surface area contributed by atoms with Crippen LogP contribution in [0.3, 0.4) is 0 Å². The Kier molecular flexibility index (Phi) is 3.30. The van der Waals surface area contributed by atoms with E-state index in [2.05, 4.69) is 36.0 Å². The van der Waals surface area contributed by atoms with Gasteiger partial charge in [-0.1, -0.05) is 24.6 Å². The molecule has 1 aromatic heterocycles. The predicted octanol–water partition coefficient (Wildman–Crippen LogP) is 3.62. The smallest absolute Gasteiger partial charge is 0.0888 e. The molecule has 0 aromatic carbocycles. The third-order valence-corrected chi connectivity index (χ3v) is 2.64. The van der Waals surface area contributed by atoms with Crippen molar-refractivity contribution in [1.82, 2.24) is 4.98 Å². The summed E-state index contributed by atoms with van der Waals surface area (Å²) >= 11 is 0. The summed E-state index contributed by atoms with van der Waals surface area (Å²) in [5.41, 5.74) is 4.40. The van der Waals surface area contributed by atoms with Gasteiger partial charge in [-0.3, -0.25) is 9.98 Å². The second-order valence-electron chi connectivity index (χ2n) is 3.93. The quantitative estimate of drug-likeness (QED) is 0.735. The molecule has 82 valence electrons. The van der Waals surface area contributed by atoms with E-state index in [4.69, 9.17) is 0 Å². The zero-order chi connectivity index (χ0) is 11.4. The van der Waals surface area contributed by atoms with Gasteiger partial charge in [0.1, 0.15) is 0 Å². The first kappa shape index (κ1) is 10.8. The lowest BCUT2D eigenvalue weighted by molar-refractivity contribution is 1.20. The fraction of sp³-hybridized carbons (Fsp3) is 0.286. The van der Waals surface area contributed by atoms with Crippen molar-refractivity contribution in [3.63, 3.8) is 0 Å². The van der Waals surface area contributed by atoms with Gasteiger partial charge in [0.2, 0.25) is 0 Å². The molecule has 0 saturated carbocycles. The van der Waals surface area contributed by atoms with Crippen LogP contribution in [0.25, 0.3) is 5.70 Å². The molecule has 2 nitrogen and oxygen atoms in total. The van der Waals surface area contributed by atoms with Crippen molar-refractivity contribution in [2.24, 2.45) is 4.99 Å². The van der Waals surface area contributed by atoms with Crippen LogP contribution in [0.1, 0.15) is 32.4 Å². The Bertz CT molecular complexity index is 453. The Labute approximate surface area is 96.4 Å². The van der Waals surface area contributed by atoms with Gasteiger partial charge in [0.05, 0.1) is 11.4 Å². The van der Waals surface area contributed by atoms with Gasteiger partial charge in [-0.15, -0.1) is 0 Å². The van der Waals surface area contributed by atoms with Crippen LogP contribution in [-0.2, 0) is 0 Å². The molecule has 1 aliphatic rings. The largest absolute Gasteiger partial charge is 0.255 e. The van der Waals surface area contributed by atoms with E-state index >= 15 is 0 Å². The van der Waals surface area contributed by atoms with E-state index in [-0.39, 0.29) is 0 Å². The van der Waals surface area contributed by atoms with E-state index in [1.54, 1.807) is 6.20 Å². The van der Waals surface area contributed by atoms with E-state index in [0.717, 1.165) is 24.2 Å². The molecule has 0 N–H and O–H groups in total. The number of nitrogens with zero attached hydrogens (tertiary/aromatic N) is 2. The highest BCUT2D eigenvalue weighted by Crippen LogP contribution is 2.20. The highest BCUT2D eigenvalue weighted by atomic mass is 14.8. The molecule has 1 aromatic rings. The zero-order valence-corrected chi connectivity index (χ0v) is 9.77. The highest BCUT2D eigenvalue weighted by Gasteiger charge is 2.06. The summed E-state index contributed by atoms with van der Waals surface area (Å²) in [6, 6.07) is 5.92. The second-order valence-corrected chi connectivity index (χ2v) is 3.93. The van der Waals surface area contributed by atoms with E-state index in [0.29, 0.717) is 0 Å². The summed E-state index contributed by atoms with van der Waals surface area (Å²) in [5.74, 6) is 0. The maximum Gasteiger partial charge on any atom is 0.0888 e. The van der Waals surface area contributed by atoms with Crippen LogP contribution < -0.4 is 0 Å². The number of hydrogen-bond donors (Lipinski definition) is 0. The van der Waals surface area contributed by atoms with Gasteiger partial charge >= 0.3 is 0 Å². The number of aromatic nitrogens is 1. The van der Waals surface area contributed by atoms with Crippen molar-refractivity contribution in [3.05, 3.63) is 47.8 Å². The van der Waals surface area contributed by atoms with Gasteiger partial charge in [-0.25, -0.2) is 0 Å². The molecule has 0 radical (unpaired) electrons. The Morgan fingerprint density at radius 3 is 2.88 bits per heavy atom. The maximum atomic E-state index is 4.68. The second kappa shape index (κ2) is 4.88. The van der Waals surface area contributed by atoms with Crippen molar-refractivity contribution in [2.45, 2.75) is 26.7 Å². The fourth-order valence-corrected chi connectivity index (χ4v) is 1.67. The molecule has 1 aliphatic heterocycles. The van der Waals surface area contributed by atoms with E-state index in [9.17, 15) is 0 Å². The number of hydrogen-bond acceptors (Lipinski definition) is 2. The first-order chi connectivity index (χ1) is 7.79. The molecule has 2 rings (SSSR count). The minimum atomic E-state index is 0.947. The summed E-state index contributed by atoms with van der Waals surface area (Å²) in [6.07, 6.45) is 8.08. The maximum absolute atomic E-state index is 4.68. The predicted molar refractivity (Wildman–Crippen MR) is 68.3 cm³/mol. The fourth-order valence-electron chi connectivity index (χ4n) is 1.67. The van der Waals surface area contributed by atoms with Crippen molar-refractivity contribution in [2.75, 3.05) is 0 Å². The van der Waals surface area contributed by atoms with Gasteiger partial charge in [-0.05, 0) is 31.6 Å².